The molecule has 0 aliphatic heterocycles. The van der Waals surface area contributed by atoms with Gasteiger partial charge in [0.05, 0.1) is 22.0 Å². The van der Waals surface area contributed by atoms with E-state index in [2.05, 4.69) is 26.7 Å². The molecule has 1 heterocycles. The van der Waals surface area contributed by atoms with Gasteiger partial charge in [-0.15, -0.1) is 0 Å². The minimum Gasteiger partial charge on any atom is -0.339 e. The summed E-state index contributed by atoms with van der Waals surface area (Å²) >= 11 is 12.1. The molecule has 5 nitrogen and oxygen atoms in total. The molecule has 3 aromatic rings. The highest BCUT2D eigenvalue weighted by Gasteiger charge is 2.06. The van der Waals surface area contributed by atoms with E-state index in [0.717, 1.165) is 0 Å². The number of hydrogen-bond acceptors (Lipinski definition) is 5. The highest BCUT2D eigenvalue weighted by atomic mass is 35.5. The molecule has 0 fully saturated rings. The van der Waals surface area contributed by atoms with Crippen LogP contribution in [-0.4, -0.2) is 9.97 Å². The second kappa shape index (κ2) is 7.18. The zero-order valence-electron chi connectivity index (χ0n) is 12.3. The predicted molar refractivity (Wildman–Crippen MR) is 96.2 cm³/mol. The topological polar surface area (TPSA) is 73.6 Å². The molecule has 0 unspecified atom stereocenters. The zero-order chi connectivity index (χ0) is 16.9. The molecule has 118 valence electrons. The van der Waals surface area contributed by atoms with Crippen LogP contribution in [0.1, 0.15) is 5.56 Å². The van der Waals surface area contributed by atoms with Gasteiger partial charge in [-0.1, -0.05) is 35.3 Å². The van der Waals surface area contributed by atoms with Crippen molar-refractivity contribution in [3.05, 3.63) is 70.3 Å². The fourth-order valence-electron chi connectivity index (χ4n) is 2.03. The highest BCUT2D eigenvalue weighted by Crippen LogP contribution is 2.28. The van der Waals surface area contributed by atoms with Crippen LogP contribution >= 0.6 is 23.2 Å². The zero-order valence-corrected chi connectivity index (χ0v) is 13.8. The first-order valence-corrected chi connectivity index (χ1v) is 7.72. The van der Waals surface area contributed by atoms with Gasteiger partial charge in [0.15, 0.2) is 0 Å². The summed E-state index contributed by atoms with van der Waals surface area (Å²) in [4.78, 5) is 8.53. The fraction of sp³-hybridized carbons (Fsp3) is 0. The van der Waals surface area contributed by atoms with Crippen LogP contribution < -0.4 is 10.6 Å². The third-order valence-electron chi connectivity index (χ3n) is 3.14. The lowest BCUT2D eigenvalue weighted by molar-refractivity contribution is 1.16. The van der Waals surface area contributed by atoms with E-state index in [9.17, 15) is 0 Å². The Morgan fingerprint density at radius 1 is 0.958 bits per heavy atom. The van der Waals surface area contributed by atoms with E-state index >= 15 is 0 Å². The summed E-state index contributed by atoms with van der Waals surface area (Å²) in [5.74, 6) is 0.909. The summed E-state index contributed by atoms with van der Waals surface area (Å²) in [6, 6.07) is 16.1. The summed E-state index contributed by atoms with van der Waals surface area (Å²) in [5, 5.41) is 16.3. The second-order valence-corrected chi connectivity index (χ2v) is 5.64. The quantitative estimate of drug-likeness (QED) is 0.677. The Kier molecular flexibility index (Phi) is 4.80. The molecule has 0 aliphatic rings. The van der Waals surface area contributed by atoms with E-state index in [1.165, 1.54) is 0 Å². The Bertz CT molecular complexity index is 921. The lowest BCUT2D eigenvalue weighted by Gasteiger charge is -2.10. The Morgan fingerprint density at radius 2 is 1.79 bits per heavy atom. The second-order valence-electron chi connectivity index (χ2n) is 4.80. The van der Waals surface area contributed by atoms with Gasteiger partial charge < -0.3 is 10.6 Å². The summed E-state index contributed by atoms with van der Waals surface area (Å²) in [6.07, 6.45) is 1.60. The van der Waals surface area contributed by atoms with Gasteiger partial charge in [0, 0.05) is 11.2 Å². The molecule has 0 amide bonds. The van der Waals surface area contributed by atoms with Crippen LogP contribution in [-0.2, 0) is 0 Å². The molecule has 0 spiro atoms. The van der Waals surface area contributed by atoms with Crippen LogP contribution in [0.3, 0.4) is 0 Å². The molecule has 0 aliphatic carbocycles. The maximum absolute atomic E-state index is 9.14. The first-order chi connectivity index (χ1) is 11.7. The van der Waals surface area contributed by atoms with Crippen molar-refractivity contribution in [1.82, 2.24) is 9.97 Å². The molecule has 3 rings (SSSR count). The minimum absolute atomic E-state index is 0.360. The van der Waals surface area contributed by atoms with Crippen LogP contribution in [0, 0.1) is 11.3 Å². The average Bonchev–Trinajstić information content (AvgIpc) is 2.59. The van der Waals surface area contributed by atoms with Gasteiger partial charge in [0.2, 0.25) is 5.95 Å². The van der Waals surface area contributed by atoms with E-state index in [1.54, 1.807) is 42.6 Å². The molecule has 0 saturated carbocycles. The van der Waals surface area contributed by atoms with Crippen molar-refractivity contribution in [2.45, 2.75) is 0 Å². The summed E-state index contributed by atoms with van der Waals surface area (Å²) in [7, 11) is 0. The number of benzene rings is 2. The standard InChI is InChI=1S/C17H11Cl2N5/c18-12-5-6-13(19)15(9-12)23-17-21-8-7-16(24-17)22-14-4-2-1-3-11(14)10-20/h1-9H,(H2,21,22,23,24). The highest BCUT2D eigenvalue weighted by molar-refractivity contribution is 6.35. The number of nitrogens with zero attached hydrogens (tertiary/aromatic N) is 3. The van der Waals surface area contributed by atoms with Gasteiger partial charge in [-0.25, -0.2) is 4.98 Å². The lowest BCUT2D eigenvalue weighted by Crippen LogP contribution is -2.01. The smallest absolute Gasteiger partial charge is 0.229 e. The largest absolute Gasteiger partial charge is 0.339 e. The van der Waals surface area contributed by atoms with E-state index in [4.69, 9.17) is 28.5 Å². The van der Waals surface area contributed by atoms with Crippen LogP contribution in [0.15, 0.2) is 54.7 Å². The number of rotatable bonds is 4. The number of para-hydroxylation sites is 1. The van der Waals surface area contributed by atoms with E-state index in [0.29, 0.717) is 38.7 Å². The maximum Gasteiger partial charge on any atom is 0.229 e. The summed E-state index contributed by atoms with van der Waals surface area (Å²) in [5.41, 5.74) is 1.81. The predicted octanol–water partition coefficient (Wildman–Crippen LogP) is 5.14. The number of hydrogen-bond donors (Lipinski definition) is 2. The van der Waals surface area contributed by atoms with Crippen molar-refractivity contribution >= 4 is 46.3 Å². The van der Waals surface area contributed by atoms with Crippen molar-refractivity contribution in [1.29, 1.82) is 5.26 Å². The van der Waals surface area contributed by atoms with E-state index < -0.39 is 0 Å². The number of halogens is 2. The van der Waals surface area contributed by atoms with Crippen molar-refractivity contribution in [2.75, 3.05) is 10.6 Å². The number of aromatic nitrogens is 2. The van der Waals surface area contributed by atoms with Gasteiger partial charge >= 0.3 is 0 Å². The maximum atomic E-state index is 9.14. The van der Waals surface area contributed by atoms with Crippen molar-refractivity contribution in [3.8, 4) is 6.07 Å². The van der Waals surface area contributed by atoms with E-state index in [1.807, 2.05) is 12.1 Å². The molecule has 0 radical (unpaired) electrons. The monoisotopic (exact) mass is 355 g/mol. The molecule has 0 atom stereocenters. The van der Waals surface area contributed by atoms with Gasteiger partial charge in [-0.2, -0.15) is 10.2 Å². The van der Waals surface area contributed by atoms with Gasteiger partial charge in [0.25, 0.3) is 0 Å². The summed E-state index contributed by atoms with van der Waals surface area (Å²) < 4.78 is 0. The van der Waals surface area contributed by atoms with Crippen molar-refractivity contribution < 1.29 is 0 Å². The minimum atomic E-state index is 0.360. The fourth-order valence-corrected chi connectivity index (χ4v) is 2.37. The van der Waals surface area contributed by atoms with E-state index in [-0.39, 0.29) is 0 Å². The average molecular weight is 356 g/mol. The third-order valence-corrected chi connectivity index (χ3v) is 3.71. The van der Waals surface area contributed by atoms with Crippen molar-refractivity contribution in [2.24, 2.45) is 0 Å². The van der Waals surface area contributed by atoms with Crippen LogP contribution in [0.4, 0.5) is 23.1 Å². The van der Waals surface area contributed by atoms with Crippen LogP contribution in [0.25, 0.3) is 0 Å². The number of anilines is 4. The Balaban J connectivity index is 1.84. The van der Waals surface area contributed by atoms with Crippen LogP contribution in [0.2, 0.25) is 10.0 Å². The normalized spacial score (nSPS) is 10.0. The van der Waals surface area contributed by atoms with Gasteiger partial charge in [0.1, 0.15) is 11.9 Å². The number of nitrogens with one attached hydrogen (secondary N) is 2. The number of nitriles is 1. The molecular weight excluding hydrogens is 345 g/mol. The summed E-state index contributed by atoms with van der Waals surface area (Å²) in [6.45, 7) is 0. The molecule has 0 saturated heterocycles. The molecule has 1 aromatic heterocycles. The Hall–Kier alpha value is -2.81. The van der Waals surface area contributed by atoms with Crippen molar-refractivity contribution in [3.63, 3.8) is 0 Å². The molecule has 7 heteroatoms. The first-order valence-electron chi connectivity index (χ1n) is 6.97. The lowest BCUT2D eigenvalue weighted by atomic mass is 10.2. The molecule has 2 aromatic carbocycles. The van der Waals surface area contributed by atoms with Gasteiger partial charge in [-0.05, 0) is 36.4 Å². The molecule has 2 N–H and O–H groups in total. The van der Waals surface area contributed by atoms with Crippen LogP contribution in [0.5, 0.6) is 0 Å². The third kappa shape index (κ3) is 3.74. The molecular formula is C17H11Cl2N5. The molecule has 24 heavy (non-hydrogen) atoms. The SMILES string of the molecule is N#Cc1ccccc1Nc1ccnc(Nc2cc(Cl)ccc2Cl)n1. The first kappa shape index (κ1) is 16.1. The van der Waals surface area contributed by atoms with Gasteiger partial charge in [-0.3, -0.25) is 0 Å². The Labute approximate surface area is 148 Å². The molecule has 0 bridgehead atoms. The Morgan fingerprint density at radius 3 is 2.62 bits per heavy atom.